The van der Waals surface area contributed by atoms with E-state index in [9.17, 15) is 5.11 Å². The van der Waals surface area contributed by atoms with Gasteiger partial charge >= 0.3 is 0 Å². The molecule has 1 aliphatic carbocycles. The molecule has 0 radical (unpaired) electrons. The van der Waals surface area contributed by atoms with Gasteiger partial charge in [0.25, 0.3) is 0 Å². The van der Waals surface area contributed by atoms with Crippen LogP contribution in [-0.4, -0.2) is 28.7 Å². The fraction of sp³-hybridized carbons (Fsp3) is 0.667. The Labute approximate surface area is 122 Å². The number of hydrogen-bond donors (Lipinski definition) is 1. The molecule has 0 saturated heterocycles. The minimum Gasteiger partial charge on any atom is -0.392 e. The van der Waals surface area contributed by atoms with E-state index in [4.69, 9.17) is 0 Å². The molecule has 1 unspecified atom stereocenters. The predicted molar refractivity (Wildman–Crippen MR) is 82.6 cm³/mol. The SMILES string of the molecule is CC(O)[C@H](C1CCCCC1)N1CCc2ccccc2C1. The first kappa shape index (κ1) is 14.1. The van der Waals surface area contributed by atoms with Gasteiger partial charge in [0.05, 0.1) is 6.10 Å². The van der Waals surface area contributed by atoms with E-state index in [2.05, 4.69) is 29.2 Å². The van der Waals surface area contributed by atoms with Crippen LogP contribution in [0.15, 0.2) is 24.3 Å². The summed E-state index contributed by atoms with van der Waals surface area (Å²) in [4.78, 5) is 2.54. The van der Waals surface area contributed by atoms with Crippen molar-refractivity contribution in [3.05, 3.63) is 35.4 Å². The Kier molecular flexibility index (Phi) is 4.42. The highest BCUT2D eigenvalue weighted by Gasteiger charge is 2.33. The third-order valence-electron chi connectivity index (χ3n) is 5.21. The third kappa shape index (κ3) is 2.91. The molecule has 2 aliphatic rings. The number of nitrogens with zero attached hydrogens (tertiary/aromatic N) is 1. The standard InChI is InChI=1S/C18H27NO/c1-14(20)18(16-8-3-2-4-9-16)19-12-11-15-7-5-6-10-17(15)13-19/h5-7,10,14,16,18,20H,2-4,8-9,11-13H2,1H3/t14?,18-/m1/s1. The molecule has 1 N–H and O–H groups in total. The van der Waals surface area contributed by atoms with Gasteiger partial charge in [-0.25, -0.2) is 0 Å². The summed E-state index contributed by atoms with van der Waals surface area (Å²) in [6.45, 7) is 4.10. The molecule has 3 rings (SSSR count). The van der Waals surface area contributed by atoms with Gasteiger partial charge in [0, 0.05) is 19.1 Å². The van der Waals surface area contributed by atoms with Crippen molar-refractivity contribution in [3.8, 4) is 0 Å². The summed E-state index contributed by atoms with van der Waals surface area (Å²) in [6, 6.07) is 9.14. The van der Waals surface area contributed by atoms with Gasteiger partial charge in [-0.2, -0.15) is 0 Å². The zero-order valence-corrected chi connectivity index (χ0v) is 12.6. The zero-order valence-electron chi connectivity index (χ0n) is 12.6. The van der Waals surface area contributed by atoms with Crippen molar-refractivity contribution in [1.82, 2.24) is 4.90 Å². The summed E-state index contributed by atoms with van der Waals surface area (Å²) in [6.07, 6.45) is 7.58. The first-order valence-electron chi connectivity index (χ1n) is 8.24. The van der Waals surface area contributed by atoms with Crippen LogP contribution in [0.5, 0.6) is 0 Å². The Morgan fingerprint density at radius 2 is 1.80 bits per heavy atom. The van der Waals surface area contributed by atoms with Crippen LogP contribution >= 0.6 is 0 Å². The maximum absolute atomic E-state index is 10.3. The number of hydrogen-bond acceptors (Lipinski definition) is 2. The predicted octanol–water partition coefficient (Wildman–Crippen LogP) is 3.37. The summed E-state index contributed by atoms with van der Waals surface area (Å²) in [7, 11) is 0. The quantitative estimate of drug-likeness (QED) is 0.912. The zero-order chi connectivity index (χ0) is 13.9. The van der Waals surface area contributed by atoms with Crippen LogP contribution in [0.3, 0.4) is 0 Å². The second-order valence-electron chi connectivity index (χ2n) is 6.62. The molecule has 2 nitrogen and oxygen atoms in total. The van der Waals surface area contributed by atoms with E-state index in [0.717, 1.165) is 19.5 Å². The summed E-state index contributed by atoms with van der Waals surface area (Å²) in [5, 5.41) is 10.3. The molecule has 1 aromatic rings. The average molecular weight is 273 g/mol. The first-order chi connectivity index (χ1) is 9.75. The van der Waals surface area contributed by atoms with Crippen LogP contribution in [0, 0.1) is 5.92 Å². The van der Waals surface area contributed by atoms with Gasteiger partial charge in [0.15, 0.2) is 0 Å². The molecule has 0 amide bonds. The minimum atomic E-state index is -0.219. The van der Waals surface area contributed by atoms with Crippen LogP contribution in [0.2, 0.25) is 0 Å². The van der Waals surface area contributed by atoms with E-state index >= 15 is 0 Å². The minimum absolute atomic E-state index is 0.219. The van der Waals surface area contributed by atoms with E-state index in [-0.39, 0.29) is 6.10 Å². The molecule has 2 atom stereocenters. The Bertz CT molecular complexity index is 437. The lowest BCUT2D eigenvalue weighted by atomic mass is 9.80. The van der Waals surface area contributed by atoms with Gasteiger partial charge in [-0.15, -0.1) is 0 Å². The van der Waals surface area contributed by atoms with Crippen LogP contribution in [0.1, 0.15) is 50.2 Å². The van der Waals surface area contributed by atoms with Crippen LogP contribution in [-0.2, 0) is 13.0 Å². The molecule has 110 valence electrons. The van der Waals surface area contributed by atoms with Gasteiger partial charge in [0.1, 0.15) is 0 Å². The monoisotopic (exact) mass is 273 g/mol. The summed E-state index contributed by atoms with van der Waals surface area (Å²) in [5.41, 5.74) is 2.96. The molecule has 1 saturated carbocycles. The Morgan fingerprint density at radius 1 is 1.10 bits per heavy atom. The summed E-state index contributed by atoms with van der Waals surface area (Å²) >= 11 is 0. The van der Waals surface area contributed by atoms with Crippen LogP contribution < -0.4 is 0 Å². The lowest BCUT2D eigenvalue weighted by Crippen LogP contribution is -2.49. The second kappa shape index (κ2) is 6.28. The van der Waals surface area contributed by atoms with E-state index in [0.29, 0.717) is 12.0 Å². The van der Waals surface area contributed by atoms with Crippen LogP contribution in [0.25, 0.3) is 0 Å². The van der Waals surface area contributed by atoms with E-state index < -0.39 is 0 Å². The van der Waals surface area contributed by atoms with Crippen molar-refractivity contribution >= 4 is 0 Å². The maximum atomic E-state index is 10.3. The van der Waals surface area contributed by atoms with Crippen molar-refractivity contribution < 1.29 is 5.11 Å². The van der Waals surface area contributed by atoms with Crippen molar-refractivity contribution in [2.24, 2.45) is 5.92 Å². The molecule has 20 heavy (non-hydrogen) atoms. The van der Waals surface area contributed by atoms with Crippen molar-refractivity contribution in [2.75, 3.05) is 6.54 Å². The smallest absolute Gasteiger partial charge is 0.0670 e. The Hall–Kier alpha value is -0.860. The number of aliphatic hydroxyl groups is 1. The molecule has 1 fully saturated rings. The highest BCUT2D eigenvalue weighted by molar-refractivity contribution is 5.29. The highest BCUT2D eigenvalue weighted by Crippen LogP contribution is 2.33. The molecule has 1 aliphatic heterocycles. The lowest BCUT2D eigenvalue weighted by Gasteiger charge is -2.42. The topological polar surface area (TPSA) is 23.5 Å². The molecular formula is C18H27NO. The number of fused-ring (bicyclic) bond motifs is 1. The third-order valence-corrected chi connectivity index (χ3v) is 5.21. The average Bonchev–Trinajstić information content (AvgIpc) is 2.48. The lowest BCUT2D eigenvalue weighted by molar-refractivity contribution is 0.00719. The van der Waals surface area contributed by atoms with Gasteiger partial charge in [-0.1, -0.05) is 43.5 Å². The molecule has 0 spiro atoms. The van der Waals surface area contributed by atoms with Gasteiger partial charge in [-0.05, 0) is 43.2 Å². The van der Waals surface area contributed by atoms with Crippen molar-refractivity contribution in [2.45, 2.75) is 64.1 Å². The molecule has 1 heterocycles. The van der Waals surface area contributed by atoms with E-state index in [1.807, 2.05) is 6.92 Å². The summed E-state index contributed by atoms with van der Waals surface area (Å²) < 4.78 is 0. The van der Waals surface area contributed by atoms with Gasteiger partial charge in [0.2, 0.25) is 0 Å². The van der Waals surface area contributed by atoms with Crippen LogP contribution in [0.4, 0.5) is 0 Å². The number of rotatable bonds is 3. The molecular weight excluding hydrogens is 246 g/mol. The highest BCUT2D eigenvalue weighted by atomic mass is 16.3. The molecule has 2 heteroatoms. The Morgan fingerprint density at radius 3 is 2.50 bits per heavy atom. The summed E-state index contributed by atoms with van der Waals surface area (Å²) in [5.74, 6) is 0.689. The van der Waals surface area contributed by atoms with Crippen molar-refractivity contribution in [3.63, 3.8) is 0 Å². The van der Waals surface area contributed by atoms with Gasteiger partial charge in [-0.3, -0.25) is 4.90 Å². The first-order valence-corrected chi connectivity index (χ1v) is 8.24. The number of benzene rings is 1. The number of aliphatic hydroxyl groups excluding tert-OH is 1. The second-order valence-corrected chi connectivity index (χ2v) is 6.62. The fourth-order valence-electron chi connectivity index (χ4n) is 4.24. The normalized spacial score (nSPS) is 24.1. The largest absolute Gasteiger partial charge is 0.392 e. The molecule has 0 aromatic heterocycles. The fourth-order valence-corrected chi connectivity index (χ4v) is 4.24. The molecule has 0 bridgehead atoms. The van der Waals surface area contributed by atoms with E-state index in [1.165, 1.54) is 43.2 Å². The Balaban J connectivity index is 1.76. The van der Waals surface area contributed by atoms with Crippen molar-refractivity contribution in [1.29, 1.82) is 0 Å². The molecule has 1 aromatic carbocycles. The van der Waals surface area contributed by atoms with Gasteiger partial charge < -0.3 is 5.11 Å². The van der Waals surface area contributed by atoms with E-state index in [1.54, 1.807) is 0 Å². The maximum Gasteiger partial charge on any atom is 0.0670 e.